The SMILES string of the molecule is COc1ccc(Cl)cc1C(=O)Nc1ccc(CC(=O)c2cccc(S(C)(=O)=O)c2)c(Cl)c1. The van der Waals surface area contributed by atoms with Gasteiger partial charge in [-0.25, -0.2) is 8.42 Å². The second kappa shape index (κ2) is 9.73. The van der Waals surface area contributed by atoms with Crippen LogP contribution in [0.4, 0.5) is 5.69 Å². The Bertz CT molecular complexity index is 1310. The van der Waals surface area contributed by atoms with E-state index < -0.39 is 15.7 Å². The second-order valence-corrected chi connectivity index (χ2v) is 9.86. The molecule has 0 aliphatic carbocycles. The summed E-state index contributed by atoms with van der Waals surface area (Å²) in [6.45, 7) is 0. The first-order chi connectivity index (χ1) is 15.1. The van der Waals surface area contributed by atoms with Crippen LogP contribution >= 0.6 is 23.2 Å². The van der Waals surface area contributed by atoms with Crippen LogP contribution in [-0.4, -0.2) is 33.5 Å². The third kappa shape index (κ3) is 5.68. The number of carbonyl (C=O) groups is 2. The normalized spacial score (nSPS) is 11.1. The molecule has 0 spiro atoms. The summed E-state index contributed by atoms with van der Waals surface area (Å²) in [7, 11) is -1.97. The lowest BCUT2D eigenvalue weighted by atomic mass is 10.0. The molecule has 3 aromatic rings. The first-order valence-electron chi connectivity index (χ1n) is 9.35. The van der Waals surface area contributed by atoms with E-state index >= 15 is 0 Å². The van der Waals surface area contributed by atoms with Crippen molar-refractivity contribution in [2.75, 3.05) is 18.7 Å². The van der Waals surface area contributed by atoms with Gasteiger partial charge in [-0.05, 0) is 48.0 Å². The molecule has 0 aliphatic rings. The van der Waals surface area contributed by atoms with Crippen LogP contribution in [0, 0.1) is 0 Å². The van der Waals surface area contributed by atoms with Crippen molar-refractivity contribution in [3.8, 4) is 5.75 Å². The molecule has 0 saturated heterocycles. The van der Waals surface area contributed by atoms with Crippen LogP contribution < -0.4 is 10.1 Å². The van der Waals surface area contributed by atoms with Gasteiger partial charge in [0.05, 0.1) is 17.6 Å². The molecule has 1 N–H and O–H groups in total. The lowest BCUT2D eigenvalue weighted by Crippen LogP contribution is -2.13. The number of anilines is 1. The van der Waals surface area contributed by atoms with E-state index in [0.717, 1.165) is 6.26 Å². The van der Waals surface area contributed by atoms with E-state index in [2.05, 4.69) is 5.32 Å². The smallest absolute Gasteiger partial charge is 0.259 e. The minimum atomic E-state index is -3.42. The largest absolute Gasteiger partial charge is 0.496 e. The third-order valence-electron chi connectivity index (χ3n) is 4.65. The summed E-state index contributed by atoms with van der Waals surface area (Å²) < 4.78 is 28.6. The van der Waals surface area contributed by atoms with E-state index in [1.807, 2.05) is 0 Å². The van der Waals surface area contributed by atoms with Crippen molar-refractivity contribution in [1.82, 2.24) is 0 Å². The Labute approximate surface area is 196 Å². The monoisotopic (exact) mass is 491 g/mol. The quantitative estimate of drug-likeness (QED) is 0.465. The van der Waals surface area contributed by atoms with Crippen molar-refractivity contribution >= 4 is 50.4 Å². The highest BCUT2D eigenvalue weighted by atomic mass is 35.5. The molecule has 0 bridgehead atoms. The number of halogens is 2. The molecule has 3 rings (SSSR count). The summed E-state index contributed by atoms with van der Waals surface area (Å²) in [5.41, 5.74) is 1.51. The number of methoxy groups -OCH3 is 1. The highest BCUT2D eigenvalue weighted by molar-refractivity contribution is 7.90. The van der Waals surface area contributed by atoms with Gasteiger partial charge in [0.2, 0.25) is 0 Å². The van der Waals surface area contributed by atoms with E-state index in [1.165, 1.54) is 37.4 Å². The lowest BCUT2D eigenvalue weighted by Gasteiger charge is -2.11. The summed E-state index contributed by atoms with van der Waals surface area (Å²) in [5.74, 6) is -0.337. The Morgan fingerprint density at radius 1 is 1.00 bits per heavy atom. The van der Waals surface area contributed by atoms with Gasteiger partial charge < -0.3 is 10.1 Å². The number of ether oxygens (including phenoxy) is 1. The van der Waals surface area contributed by atoms with Crippen molar-refractivity contribution in [3.63, 3.8) is 0 Å². The molecule has 6 nitrogen and oxygen atoms in total. The molecule has 9 heteroatoms. The van der Waals surface area contributed by atoms with E-state index in [1.54, 1.807) is 30.3 Å². The number of hydrogen-bond donors (Lipinski definition) is 1. The van der Waals surface area contributed by atoms with Crippen molar-refractivity contribution in [3.05, 3.63) is 87.4 Å². The fourth-order valence-corrected chi connectivity index (χ4v) is 4.09. The molecule has 0 saturated carbocycles. The highest BCUT2D eigenvalue weighted by Crippen LogP contribution is 2.26. The predicted molar refractivity (Wildman–Crippen MR) is 125 cm³/mol. The maximum absolute atomic E-state index is 12.6. The van der Waals surface area contributed by atoms with E-state index in [-0.39, 0.29) is 33.2 Å². The van der Waals surface area contributed by atoms with Crippen molar-refractivity contribution in [1.29, 1.82) is 0 Å². The predicted octanol–water partition coefficient (Wildman–Crippen LogP) is 5.08. The summed E-state index contributed by atoms with van der Waals surface area (Å²) >= 11 is 12.3. The Hall–Kier alpha value is -2.87. The molecule has 3 aromatic carbocycles. The average Bonchev–Trinajstić information content (AvgIpc) is 2.75. The van der Waals surface area contributed by atoms with Gasteiger partial charge in [-0.1, -0.05) is 41.4 Å². The molecule has 32 heavy (non-hydrogen) atoms. The van der Waals surface area contributed by atoms with Crippen LogP contribution in [0.2, 0.25) is 10.0 Å². The highest BCUT2D eigenvalue weighted by Gasteiger charge is 2.16. The molecule has 0 heterocycles. The number of Topliss-reactive ketones (excluding diaryl/α,β-unsaturated/α-hetero) is 1. The van der Waals surface area contributed by atoms with Gasteiger partial charge in [-0.2, -0.15) is 0 Å². The average molecular weight is 492 g/mol. The summed E-state index contributed by atoms with van der Waals surface area (Å²) in [4.78, 5) is 25.3. The van der Waals surface area contributed by atoms with Crippen molar-refractivity contribution in [2.24, 2.45) is 0 Å². The fraction of sp³-hybridized carbons (Fsp3) is 0.130. The molecular formula is C23H19Cl2NO5S. The second-order valence-electron chi connectivity index (χ2n) is 7.00. The van der Waals surface area contributed by atoms with Gasteiger partial charge in [0.1, 0.15) is 5.75 Å². The van der Waals surface area contributed by atoms with Crippen LogP contribution in [0.3, 0.4) is 0 Å². The Morgan fingerprint density at radius 2 is 1.75 bits per heavy atom. The van der Waals surface area contributed by atoms with Crippen LogP contribution in [0.5, 0.6) is 5.75 Å². The Kier molecular flexibility index (Phi) is 7.23. The summed E-state index contributed by atoms with van der Waals surface area (Å²) in [6, 6.07) is 15.3. The zero-order chi connectivity index (χ0) is 23.5. The van der Waals surface area contributed by atoms with Gasteiger partial charge in [0, 0.05) is 34.0 Å². The van der Waals surface area contributed by atoms with Crippen molar-refractivity contribution < 1.29 is 22.7 Å². The van der Waals surface area contributed by atoms with E-state index in [4.69, 9.17) is 27.9 Å². The minimum Gasteiger partial charge on any atom is -0.496 e. The first kappa shape index (κ1) is 23.8. The van der Waals surface area contributed by atoms with E-state index in [9.17, 15) is 18.0 Å². The lowest BCUT2D eigenvalue weighted by molar-refractivity contribution is 0.0990. The number of ketones is 1. The zero-order valence-electron chi connectivity index (χ0n) is 17.2. The molecule has 0 aromatic heterocycles. The van der Waals surface area contributed by atoms with Gasteiger partial charge in [0.25, 0.3) is 5.91 Å². The third-order valence-corrected chi connectivity index (χ3v) is 6.35. The van der Waals surface area contributed by atoms with Crippen LogP contribution in [0.1, 0.15) is 26.3 Å². The maximum Gasteiger partial charge on any atom is 0.259 e. The summed E-state index contributed by atoms with van der Waals surface area (Å²) in [5, 5.41) is 3.40. The van der Waals surface area contributed by atoms with Gasteiger partial charge in [-0.3, -0.25) is 9.59 Å². The van der Waals surface area contributed by atoms with Crippen molar-refractivity contribution in [2.45, 2.75) is 11.3 Å². The molecule has 1 amide bonds. The number of sulfone groups is 1. The number of rotatable bonds is 7. The standard InChI is InChI=1S/C23H19Cl2NO5S/c1-31-22-9-7-16(24)12-19(22)23(28)26-17-8-6-14(20(25)13-17)11-21(27)15-4-3-5-18(10-15)32(2,29)30/h3-10,12-13H,11H2,1-2H3,(H,26,28). The number of hydrogen-bond acceptors (Lipinski definition) is 5. The van der Waals surface area contributed by atoms with Crippen LogP contribution in [0.15, 0.2) is 65.6 Å². The first-order valence-corrected chi connectivity index (χ1v) is 12.0. The molecule has 0 aliphatic heterocycles. The number of nitrogens with one attached hydrogen (secondary N) is 1. The molecule has 0 radical (unpaired) electrons. The molecule has 0 fully saturated rings. The van der Waals surface area contributed by atoms with Crippen LogP contribution in [-0.2, 0) is 16.3 Å². The topological polar surface area (TPSA) is 89.5 Å². The number of carbonyl (C=O) groups excluding carboxylic acids is 2. The zero-order valence-corrected chi connectivity index (χ0v) is 19.5. The fourth-order valence-electron chi connectivity index (χ4n) is 3.00. The summed E-state index contributed by atoms with van der Waals surface area (Å²) in [6.07, 6.45) is 1.06. The van der Waals surface area contributed by atoms with Gasteiger partial charge in [-0.15, -0.1) is 0 Å². The Balaban J connectivity index is 1.77. The molecule has 0 unspecified atom stereocenters. The van der Waals surface area contributed by atoms with Crippen LogP contribution in [0.25, 0.3) is 0 Å². The van der Waals surface area contributed by atoms with Gasteiger partial charge in [0.15, 0.2) is 15.6 Å². The maximum atomic E-state index is 12.6. The van der Waals surface area contributed by atoms with Gasteiger partial charge >= 0.3 is 0 Å². The Morgan fingerprint density at radius 3 is 2.41 bits per heavy atom. The molecule has 0 atom stereocenters. The molecule has 166 valence electrons. The minimum absolute atomic E-state index is 0.0254. The van der Waals surface area contributed by atoms with E-state index in [0.29, 0.717) is 22.0 Å². The number of amides is 1. The molecular weight excluding hydrogens is 473 g/mol. The number of benzene rings is 3.